The van der Waals surface area contributed by atoms with Crippen molar-refractivity contribution in [3.8, 4) is 17.2 Å². The molecule has 1 aliphatic rings. The van der Waals surface area contributed by atoms with Gasteiger partial charge >= 0.3 is 5.97 Å². The number of halogens is 2. The highest BCUT2D eigenvalue weighted by molar-refractivity contribution is 6.42. The minimum Gasteiger partial charge on any atom is -0.496 e. The van der Waals surface area contributed by atoms with E-state index in [2.05, 4.69) is 4.99 Å². The standard InChI is InChI=1S/C21H17Cl2NO5/c1-26-16-11-18(28-3)17(27-2)10-13(16)9-15-21(25)29-19(24-15)8-7-12-5-4-6-14(22)20(12)23/h4-11H,1-3H3/b8-7+,15-9-. The van der Waals surface area contributed by atoms with Crippen LogP contribution in [0.15, 0.2) is 47.1 Å². The lowest BCUT2D eigenvalue weighted by Gasteiger charge is -2.12. The Labute approximate surface area is 178 Å². The minimum atomic E-state index is -0.585. The van der Waals surface area contributed by atoms with Crippen LogP contribution in [0.2, 0.25) is 10.0 Å². The molecule has 0 aromatic heterocycles. The molecule has 0 bridgehead atoms. The molecule has 6 nitrogen and oxygen atoms in total. The summed E-state index contributed by atoms with van der Waals surface area (Å²) in [5, 5.41) is 0.835. The molecule has 0 radical (unpaired) electrons. The van der Waals surface area contributed by atoms with E-state index in [9.17, 15) is 4.79 Å². The van der Waals surface area contributed by atoms with Crippen LogP contribution in [0, 0.1) is 0 Å². The fourth-order valence-corrected chi connectivity index (χ4v) is 2.99. The number of cyclic esters (lactones) is 1. The first kappa shape index (κ1) is 20.8. The van der Waals surface area contributed by atoms with Gasteiger partial charge in [-0.05, 0) is 29.8 Å². The van der Waals surface area contributed by atoms with Crippen molar-refractivity contribution >= 4 is 47.2 Å². The van der Waals surface area contributed by atoms with E-state index in [0.717, 1.165) is 0 Å². The number of hydrogen-bond acceptors (Lipinski definition) is 6. The first-order valence-corrected chi connectivity index (χ1v) is 9.17. The number of benzene rings is 2. The third-order valence-electron chi connectivity index (χ3n) is 4.05. The number of aliphatic imine (C=N–C) groups is 1. The van der Waals surface area contributed by atoms with Crippen LogP contribution in [-0.4, -0.2) is 33.2 Å². The molecule has 0 fully saturated rings. The maximum atomic E-state index is 12.2. The normalized spacial score (nSPS) is 14.9. The van der Waals surface area contributed by atoms with Crippen LogP contribution < -0.4 is 14.2 Å². The summed E-state index contributed by atoms with van der Waals surface area (Å²) in [5.41, 5.74) is 1.38. The molecule has 0 saturated carbocycles. The van der Waals surface area contributed by atoms with E-state index < -0.39 is 5.97 Å². The van der Waals surface area contributed by atoms with Gasteiger partial charge < -0.3 is 18.9 Å². The smallest absolute Gasteiger partial charge is 0.363 e. The molecule has 1 heterocycles. The molecule has 0 saturated heterocycles. The zero-order valence-corrected chi connectivity index (χ0v) is 17.4. The molecule has 2 aromatic carbocycles. The van der Waals surface area contributed by atoms with Crippen LogP contribution in [-0.2, 0) is 9.53 Å². The molecule has 0 aliphatic carbocycles. The first-order chi connectivity index (χ1) is 14.0. The van der Waals surface area contributed by atoms with Crippen LogP contribution in [0.3, 0.4) is 0 Å². The van der Waals surface area contributed by atoms with Crippen LogP contribution >= 0.6 is 23.2 Å². The highest BCUT2D eigenvalue weighted by Gasteiger charge is 2.22. The van der Waals surface area contributed by atoms with Crippen molar-refractivity contribution in [2.45, 2.75) is 0 Å². The second-order valence-electron chi connectivity index (χ2n) is 5.79. The SMILES string of the molecule is COc1cc(OC)c(OC)cc1/C=C1N=C(/C=C/c2cccc(Cl)c2Cl)OC\1=O. The van der Waals surface area contributed by atoms with E-state index in [1.165, 1.54) is 21.3 Å². The van der Waals surface area contributed by atoms with Gasteiger partial charge in [-0.1, -0.05) is 35.3 Å². The molecule has 0 N–H and O–H groups in total. The molecular weight excluding hydrogens is 417 g/mol. The van der Waals surface area contributed by atoms with Gasteiger partial charge in [-0.2, -0.15) is 0 Å². The monoisotopic (exact) mass is 433 g/mol. The average Bonchev–Trinajstić information content (AvgIpc) is 3.07. The van der Waals surface area contributed by atoms with Crippen molar-refractivity contribution in [1.29, 1.82) is 0 Å². The summed E-state index contributed by atoms with van der Waals surface area (Å²) in [6.07, 6.45) is 4.76. The predicted octanol–water partition coefficient (Wildman–Crippen LogP) is 5.03. The fourth-order valence-electron chi connectivity index (χ4n) is 2.62. The number of nitrogens with zero attached hydrogens (tertiary/aromatic N) is 1. The Morgan fingerprint density at radius 1 is 0.931 bits per heavy atom. The van der Waals surface area contributed by atoms with Gasteiger partial charge in [-0.3, -0.25) is 0 Å². The number of methoxy groups -OCH3 is 3. The molecule has 0 spiro atoms. The van der Waals surface area contributed by atoms with E-state index in [-0.39, 0.29) is 11.6 Å². The van der Waals surface area contributed by atoms with E-state index >= 15 is 0 Å². The number of ether oxygens (including phenoxy) is 4. The number of rotatable bonds is 6. The van der Waals surface area contributed by atoms with Gasteiger partial charge in [0.05, 0.1) is 31.4 Å². The second kappa shape index (κ2) is 9.03. The van der Waals surface area contributed by atoms with Crippen LogP contribution in [0.5, 0.6) is 17.2 Å². The Balaban J connectivity index is 1.92. The number of carbonyl (C=O) groups is 1. The Hall–Kier alpha value is -2.96. The zero-order valence-electron chi connectivity index (χ0n) is 15.9. The van der Waals surface area contributed by atoms with Gasteiger partial charge in [0.1, 0.15) is 5.75 Å². The van der Waals surface area contributed by atoms with Crippen molar-refractivity contribution < 1.29 is 23.7 Å². The minimum absolute atomic E-state index is 0.118. The molecule has 0 atom stereocenters. The summed E-state index contributed by atoms with van der Waals surface area (Å²) in [4.78, 5) is 16.4. The maximum Gasteiger partial charge on any atom is 0.363 e. The van der Waals surface area contributed by atoms with E-state index in [1.54, 1.807) is 48.6 Å². The predicted molar refractivity (Wildman–Crippen MR) is 113 cm³/mol. The molecule has 0 amide bonds. The largest absolute Gasteiger partial charge is 0.496 e. The fraction of sp³-hybridized carbons (Fsp3) is 0.143. The van der Waals surface area contributed by atoms with Crippen molar-refractivity contribution in [3.05, 3.63) is 63.3 Å². The maximum absolute atomic E-state index is 12.2. The van der Waals surface area contributed by atoms with Gasteiger partial charge in [-0.25, -0.2) is 9.79 Å². The van der Waals surface area contributed by atoms with Gasteiger partial charge in [0.15, 0.2) is 17.2 Å². The number of carbonyl (C=O) groups excluding carboxylic acids is 1. The van der Waals surface area contributed by atoms with Crippen molar-refractivity contribution in [3.63, 3.8) is 0 Å². The quantitative estimate of drug-likeness (QED) is 0.472. The lowest BCUT2D eigenvalue weighted by Crippen LogP contribution is -2.01. The Morgan fingerprint density at radius 3 is 2.31 bits per heavy atom. The second-order valence-corrected chi connectivity index (χ2v) is 6.58. The van der Waals surface area contributed by atoms with E-state index in [4.69, 9.17) is 42.1 Å². The average molecular weight is 434 g/mol. The highest BCUT2D eigenvalue weighted by atomic mass is 35.5. The lowest BCUT2D eigenvalue weighted by atomic mass is 10.1. The molecule has 8 heteroatoms. The number of hydrogen-bond donors (Lipinski definition) is 0. The van der Waals surface area contributed by atoms with Crippen LogP contribution in [0.4, 0.5) is 0 Å². The summed E-state index contributed by atoms with van der Waals surface area (Å²) in [6.45, 7) is 0. The zero-order chi connectivity index (χ0) is 21.0. The van der Waals surface area contributed by atoms with Crippen molar-refractivity contribution in [1.82, 2.24) is 0 Å². The molecule has 3 rings (SSSR count). The highest BCUT2D eigenvalue weighted by Crippen LogP contribution is 2.36. The Bertz CT molecular complexity index is 1040. The van der Waals surface area contributed by atoms with Gasteiger partial charge in [0.25, 0.3) is 0 Å². The van der Waals surface area contributed by atoms with Crippen LogP contribution in [0.25, 0.3) is 12.2 Å². The van der Waals surface area contributed by atoms with Crippen molar-refractivity contribution in [2.24, 2.45) is 4.99 Å². The third-order valence-corrected chi connectivity index (χ3v) is 4.89. The van der Waals surface area contributed by atoms with Gasteiger partial charge in [0.2, 0.25) is 5.90 Å². The molecule has 29 heavy (non-hydrogen) atoms. The van der Waals surface area contributed by atoms with E-state index in [0.29, 0.717) is 38.4 Å². The van der Waals surface area contributed by atoms with Crippen molar-refractivity contribution in [2.75, 3.05) is 21.3 Å². The third kappa shape index (κ3) is 4.55. The summed E-state index contributed by atoms with van der Waals surface area (Å²) < 4.78 is 21.1. The first-order valence-electron chi connectivity index (χ1n) is 8.41. The Kier molecular flexibility index (Phi) is 6.46. The summed E-state index contributed by atoms with van der Waals surface area (Å²) in [5.74, 6) is 1.04. The molecular formula is C21H17Cl2NO5. The lowest BCUT2D eigenvalue weighted by molar-refractivity contribution is -0.129. The topological polar surface area (TPSA) is 66.3 Å². The summed E-state index contributed by atoms with van der Waals surface area (Å²) in [7, 11) is 4.56. The molecule has 1 aliphatic heterocycles. The molecule has 2 aromatic rings. The summed E-state index contributed by atoms with van der Waals surface area (Å²) in [6, 6.07) is 8.59. The van der Waals surface area contributed by atoms with E-state index in [1.807, 2.05) is 0 Å². The molecule has 150 valence electrons. The molecule has 0 unspecified atom stereocenters. The van der Waals surface area contributed by atoms with Crippen LogP contribution in [0.1, 0.15) is 11.1 Å². The summed E-state index contributed by atoms with van der Waals surface area (Å²) >= 11 is 12.2. The number of esters is 1. The van der Waals surface area contributed by atoms with Gasteiger partial charge in [0, 0.05) is 17.7 Å². The Morgan fingerprint density at radius 2 is 1.62 bits per heavy atom. The van der Waals surface area contributed by atoms with Gasteiger partial charge in [-0.15, -0.1) is 0 Å².